The number of rotatable bonds is 8. The summed E-state index contributed by atoms with van der Waals surface area (Å²) < 4.78 is 0.865. The maximum atomic E-state index is 13.3. The number of hydrogen-bond acceptors (Lipinski definition) is 4. The number of carbonyl (C=O) groups is 4. The van der Waals surface area contributed by atoms with Crippen molar-refractivity contribution in [3.63, 3.8) is 0 Å². The Labute approximate surface area is 288 Å². The summed E-state index contributed by atoms with van der Waals surface area (Å²) in [5, 5.41) is 0. The smallest absolute Gasteiger partial charge is 0.259 e. The fraction of sp³-hybridized carbons (Fsp3) is 0.105. The lowest BCUT2D eigenvalue weighted by Gasteiger charge is -2.21. The first kappa shape index (κ1) is 33.1. The van der Waals surface area contributed by atoms with Crippen LogP contribution in [0.1, 0.15) is 41.4 Å². The summed E-state index contributed by atoms with van der Waals surface area (Å²) >= 11 is 2.14. The van der Waals surface area contributed by atoms with Crippen molar-refractivity contribution in [3.8, 4) is 0 Å². The highest BCUT2D eigenvalue weighted by Gasteiger charge is 2.20. The molecule has 8 nitrogen and oxygen atoms in total. The maximum absolute atomic E-state index is 13.3. The van der Waals surface area contributed by atoms with Gasteiger partial charge >= 0.3 is 0 Å². The summed E-state index contributed by atoms with van der Waals surface area (Å²) in [7, 11) is 6.77. The van der Waals surface area contributed by atoms with Crippen molar-refractivity contribution in [2.45, 2.75) is 0 Å². The molecule has 5 aromatic carbocycles. The van der Waals surface area contributed by atoms with Gasteiger partial charge in [-0.2, -0.15) is 0 Å². The van der Waals surface area contributed by atoms with Crippen molar-refractivity contribution in [2.24, 2.45) is 0 Å². The molecule has 0 heterocycles. The van der Waals surface area contributed by atoms with Crippen LogP contribution in [0.3, 0.4) is 0 Å². The van der Waals surface area contributed by atoms with Gasteiger partial charge in [-0.25, -0.2) is 0 Å². The molecule has 0 aliphatic heterocycles. The topological polar surface area (TPSA) is 81.2 Å². The number of hydrogen-bond donors (Lipinski definition) is 0. The molecular weight excluding hydrogens is 703 g/mol. The molecule has 5 rings (SSSR count). The van der Waals surface area contributed by atoms with E-state index in [1.807, 2.05) is 48.5 Å². The Balaban J connectivity index is 1.21. The molecule has 236 valence electrons. The SMILES string of the molecule is CN(C(=O)c1ccc(N(C)C(=O)c2ccc(N(C)C(=O)c3ccc(N(C)C(=O)c4ccccc4I)cc3)cc2)cc1)c1ccccc1. The molecule has 0 aliphatic carbocycles. The summed E-state index contributed by atoms with van der Waals surface area (Å²) in [6.07, 6.45) is 0. The van der Waals surface area contributed by atoms with Gasteiger partial charge in [-0.1, -0.05) is 30.3 Å². The molecule has 47 heavy (non-hydrogen) atoms. The molecule has 0 bridgehead atoms. The van der Waals surface area contributed by atoms with Gasteiger partial charge in [0.2, 0.25) is 0 Å². The number of para-hydroxylation sites is 1. The summed E-state index contributed by atoms with van der Waals surface area (Å²) in [5.41, 5.74) is 4.75. The third-order valence-electron chi connectivity index (χ3n) is 7.97. The standard InChI is InChI=1S/C38H33IN4O4/c1-40(29-10-6-5-7-11-29)35(44)26-14-20-30(21-15-26)41(2)36(45)27-16-22-31(23-17-27)42(3)37(46)28-18-24-32(25-19-28)43(4)38(47)33-12-8-9-13-34(33)39/h5-25H,1-4H3. The van der Waals surface area contributed by atoms with Gasteiger partial charge in [0.05, 0.1) is 5.56 Å². The summed E-state index contributed by atoms with van der Waals surface area (Å²) in [6, 6.07) is 37.4. The average Bonchev–Trinajstić information content (AvgIpc) is 3.13. The van der Waals surface area contributed by atoms with Crippen LogP contribution in [0, 0.1) is 3.57 Å². The van der Waals surface area contributed by atoms with E-state index in [1.54, 1.807) is 117 Å². The second kappa shape index (κ2) is 14.4. The maximum Gasteiger partial charge on any atom is 0.259 e. The van der Waals surface area contributed by atoms with Crippen molar-refractivity contribution >= 4 is 69.0 Å². The molecule has 0 unspecified atom stereocenters. The molecule has 0 N–H and O–H groups in total. The molecule has 4 amide bonds. The van der Waals surface area contributed by atoms with Gasteiger partial charge in [0, 0.05) is 71.2 Å². The number of nitrogens with zero attached hydrogens (tertiary/aromatic N) is 4. The van der Waals surface area contributed by atoms with Crippen LogP contribution >= 0.6 is 22.6 Å². The number of amides is 4. The lowest BCUT2D eigenvalue weighted by molar-refractivity contribution is 0.0984. The quantitative estimate of drug-likeness (QED) is 0.156. The molecule has 0 spiro atoms. The number of anilines is 4. The van der Waals surface area contributed by atoms with E-state index >= 15 is 0 Å². The van der Waals surface area contributed by atoms with Crippen LogP contribution in [0.5, 0.6) is 0 Å². The third-order valence-corrected chi connectivity index (χ3v) is 8.91. The number of benzene rings is 5. The highest BCUT2D eigenvalue weighted by Crippen LogP contribution is 2.24. The van der Waals surface area contributed by atoms with Crippen molar-refractivity contribution < 1.29 is 19.2 Å². The second-order valence-corrected chi connectivity index (χ2v) is 12.1. The Morgan fingerprint density at radius 2 is 0.681 bits per heavy atom. The first-order chi connectivity index (χ1) is 22.6. The van der Waals surface area contributed by atoms with E-state index < -0.39 is 0 Å². The van der Waals surface area contributed by atoms with Crippen LogP contribution in [0.15, 0.2) is 127 Å². The number of carbonyl (C=O) groups excluding carboxylic acids is 4. The van der Waals surface area contributed by atoms with Gasteiger partial charge in [-0.15, -0.1) is 0 Å². The fourth-order valence-corrected chi connectivity index (χ4v) is 5.62. The van der Waals surface area contributed by atoms with E-state index in [2.05, 4.69) is 22.6 Å². The van der Waals surface area contributed by atoms with Gasteiger partial charge in [-0.05, 0) is 120 Å². The zero-order chi connectivity index (χ0) is 33.7. The van der Waals surface area contributed by atoms with Gasteiger partial charge in [0.25, 0.3) is 23.6 Å². The molecule has 9 heteroatoms. The molecule has 5 aromatic rings. The monoisotopic (exact) mass is 736 g/mol. The summed E-state index contributed by atoms with van der Waals surface area (Å²) in [6.45, 7) is 0. The zero-order valence-corrected chi connectivity index (χ0v) is 28.6. The van der Waals surface area contributed by atoms with E-state index in [-0.39, 0.29) is 23.6 Å². The predicted molar refractivity (Wildman–Crippen MR) is 196 cm³/mol. The Morgan fingerprint density at radius 1 is 0.383 bits per heavy atom. The Kier molecular flexibility index (Phi) is 10.2. The molecule has 0 atom stereocenters. The van der Waals surface area contributed by atoms with E-state index in [1.165, 1.54) is 9.80 Å². The molecule has 0 aliphatic rings. The zero-order valence-electron chi connectivity index (χ0n) is 26.4. The molecular formula is C38H33IN4O4. The van der Waals surface area contributed by atoms with Crippen LogP contribution in [-0.2, 0) is 0 Å². The largest absolute Gasteiger partial charge is 0.311 e. The number of halogens is 1. The van der Waals surface area contributed by atoms with E-state index in [0.29, 0.717) is 39.3 Å². The highest BCUT2D eigenvalue weighted by atomic mass is 127. The molecule has 0 fully saturated rings. The summed E-state index contributed by atoms with van der Waals surface area (Å²) in [4.78, 5) is 58.6. The third kappa shape index (κ3) is 7.25. The lowest BCUT2D eigenvalue weighted by Crippen LogP contribution is -2.28. The summed E-state index contributed by atoms with van der Waals surface area (Å²) in [5.74, 6) is -0.746. The van der Waals surface area contributed by atoms with Crippen LogP contribution in [0.25, 0.3) is 0 Å². The van der Waals surface area contributed by atoms with E-state index in [9.17, 15) is 19.2 Å². The molecule has 0 aromatic heterocycles. The van der Waals surface area contributed by atoms with Gasteiger partial charge in [0.1, 0.15) is 0 Å². The van der Waals surface area contributed by atoms with Crippen molar-refractivity contribution in [1.29, 1.82) is 0 Å². The minimum atomic E-state index is -0.231. The average molecular weight is 737 g/mol. The lowest BCUT2D eigenvalue weighted by atomic mass is 10.1. The first-order valence-corrected chi connectivity index (χ1v) is 15.9. The Hall–Kier alpha value is -5.29. The normalized spacial score (nSPS) is 10.6. The van der Waals surface area contributed by atoms with Gasteiger partial charge in [0.15, 0.2) is 0 Å². The van der Waals surface area contributed by atoms with E-state index in [4.69, 9.17) is 0 Å². The molecule has 0 saturated heterocycles. The van der Waals surface area contributed by atoms with Crippen LogP contribution in [-0.4, -0.2) is 51.8 Å². The predicted octanol–water partition coefficient (Wildman–Crippen LogP) is 7.40. The van der Waals surface area contributed by atoms with Crippen molar-refractivity contribution in [2.75, 3.05) is 47.8 Å². The molecule has 0 saturated carbocycles. The Morgan fingerprint density at radius 3 is 1.04 bits per heavy atom. The van der Waals surface area contributed by atoms with Gasteiger partial charge < -0.3 is 19.6 Å². The van der Waals surface area contributed by atoms with Gasteiger partial charge in [-0.3, -0.25) is 19.2 Å². The second-order valence-electron chi connectivity index (χ2n) is 10.9. The van der Waals surface area contributed by atoms with Crippen LogP contribution in [0.4, 0.5) is 22.7 Å². The fourth-order valence-electron chi connectivity index (χ4n) is 5.00. The van der Waals surface area contributed by atoms with Crippen LogP contribution < -0.4 is 19.6 Å². The highest BCUT2D eigenvalue weighted by molar-refractivity contribution is 14.1. The van der Waals surface area contributed by atoms with Crippen LogP contribution in [0.2, 0.25) is 0 Å². The minimum Gasteiger partial charge on any atom is -0.311 e. The van der Waals surface area contributed by atoms with E-state index in [0.717, 1.165) is 9.26 Å². The first-order valence-electron chi connectivity index (χ1n) is 14.8. The Bertz CT molecular complexity index is 1910. The molecule has 0 radical (unpaired) electrons. The minimum absolute atomic E-state index is 0.134. The van der Waals surface area contributed by atoms with Crippen molar-refractivity contribution in [1.82, 2.24) is 0 Å². The van der Waals surface area contributed by atoms with Crippen molar-refractivity contribution in [3.05, 3.63) is 153 Å².